The number of carbonyl (C=O) groups excluding carboxylic acids is 1. The molecular formula is C8H9N3O4S. The van der Waals surface area contributed by atoms with Crippen LogP contribution in [0.1, 0.15) is 10.5 Å². The van der Waals surface area contributed by atoms with Gasteiger partial charge in [-0.25, -0.2) is 9.79 Å². The Balaban J connectivity index is 0.000000212. The zero-order chi connectivity index (χ0) is 12.0. The van der Waals surface area contributed by atoms with Crippen molar-refractivity contribution in [3.63, 3.8) is 0 Å². The van der Waals surface area contributed by atoms with E-state index in [-0.39, 0.29) is 0 Å². The minimum Gasteiger partial charge on any atom is -0.543 e. The molecule has 0 spiro atoms. The number of rotatable bonds is 1. The summed E-state index contributed by atoms with van der Waals surface area (Å²) < 4.78 is 0. The average Bonchev–Trinajstić information content (AvgIpc) is 2.73. The van der Waals surface area contributed by atoms with E-state index >= 15 is 0 Å². The van der Waals surface area contributed by atoms with Gasteiger partial charge in [-0.05, 0) is 0 Å². The second-order valence-electron chi connectivity index (χ2n) is 2.73. The Morgan fingerprint density at radius 3 is 2.56 bits per heavy atom. The number of hydrogen-bond donors (Lipinski definition) is 3. The Labute approximate surface area is 93.6 Å². The van der Waals surface area contributed by atoms with E-state index in [0.717, 1.165) is 12.6 Å². The van der Waals surface area contributed by atoms with Crippen molar-refractivity contribution in [1.29, 1.82) is 0 Å². The molecule has 0 unspecified atom stereocenters. The summed E-state index contributed by atoms with van der Waals surface area (Å²) in [6.07, 6.45) is 0. The third-order valence-electron chi connectivity index (χ3n) is 1.51. The van der Waals surface area contributed by atoms with Crippen molar-refractivity contribution in [1.82, 2.24) is 9.97 Å². The molecule has 0 fully saturated rings. The first kappa shape index (κ1) is 12.2. The maximum atomic E-state index is 10.4. The van der Waals surface area contributed by atoms with Crippen molar-refractivity contribution in [2.75, 3.05) is 12.3 Å². The van der Waals surface area contributed by atoms with E-state index < -0.39 is 22.9 Å². The van der Waals surface area contributed by atoms with Crippen LogP contribution in [0.2, 0.25) is 0 Å². The summed E-state index contributed by atoms with van der Waals surface area (Å²) in [5.41, 5.74) is -0.136. The number of carboxylic acids is 1. The van der Waals surface area contributed by atoms with Crippen LogP contribution in [-0.4, -0.2) is 33.8 Å². The van der Waals surface area contributed by atoms with Crippen LogP contribution < -0.4 is 21.3 Å². The van der Waals surface area contributed by atoms with E-state index in [4.69, 9.17) is 0 Å². The van der Waals surface area contributed by atoms with Gasteiger partial charge in [0, 0.05) is 6.07 Å². The first-order valence-corrected chi connectivity index (χ1v) is 5.36. The predicted molar refractivity (Wildman–Crippen MR) is 56.4 cm³/mol. The van der Waals surface area contributed by atoms with Gasteiger partial charge in [0.2, 0.25) is 0 Å². The monoisotopic (exact) mass is 243 g/mol. The number of hydrogen-bond acceptors (Lipinski definition) is 5. The summed E-state index contributed by atoms with van der Waals surface area (Å²) in [4.78, 5) is 37.7. The molecule has 2 heterocycles. The summed E-state index contributed by atoms with van der Waals surface area (Å²) in [5.74, 6) is -0.340. The third kappa shape index (κ3) is 4.13. The van der Waals surface area contributed by atoms with Gasteiger partial charge in [-0.15, -0.1) is 0 Å². The van der Waals surface area contributed by atoms with Crippen molar-refractivity contribution >= 4 is 23.3 Å². The number of carbonyl (C=O) groups is 1. The Bertz CT molecular complexity index is 470. The molecule has 0 bridgehead atoms. The highest BCUT2D eigenvalue weighted by Crippen LogP contribution is 1.88. The van der Waals surface area contributed by atoms with Crippen LogP contribution in [0.5, 0.6) is 0 Å². The van der Waals surface area contributed by atoms with Crippen LogP contribution in [0, 0.1) is 0 Å². The lowest BCUT2D eigenvalue weighted by molar-refractivity contribution is -0.439. The van der Waals surface area contributed by atoms with Crippen molar-refractivity contribution in [3.8, 4) is 0 Å². The molecule has 1 aliphatic heterocycles. The molecule has 1 aliphatic rings. The Morgan fingerprint density at radius 1 is 1.44 bits per heavy atom. The molecule has 0 aliphatic carbocycles. The highest BCUT2D eigenvalue weighted by Gasteiger charge is 1.95. The Morgan fingerprint density at radius 2 is 2.19 bits per heavy atom. The van der Waals surface area contributed by atoms with Gasteiger partial charge in [0.15, 0.2) is 12.1 Å². The van der Waals surface area contributed by atoms with E-state index in [1.54, 1.807) is 0 Å². The fraction of sp³-hybridized carbons (Fsp3) is 0.250. The summed E-state index contributed by atoms with van der Waals surface area (Å²) in [6.45, 7) is 1.16. The van der Waals surface area contributed by atoms with E-state index in [2.05, 4.69) is 4.99 Å². The van der Waals surface area contributed by atoms with Crippen molar-refractivity contribution < 1.29 is 14.9 Å². The highest BCUT2D eigenvalue weighted by atomic mass is 32.2. The van der Waals surface area contributed by atoms with Gasteiger partial charge < -0.3 is 14.9 Å². The molecule has 86 valence electrons. The molecule has 16 heavy (non-hydrogen) atoms. The summed E-state index contributed by atoms with van der Waals surface area (Å²) >= 11 is 1.84. The second kappa shape index (κ2) is 5.91. The van der Waals surface area contributed by atoms with Gasteiger partial charge in [0.05, 0.1) is 17.4 Å². The van der Waals surface area contributed by atoms with E-state index in [1.807, 2.05) is 27.3 Å². The molecule has 2 rings (SSSR count). The minimum atomic E-state index is -1.59. The molecule has 1 aromatic heterocycles. The second-order valence-corrected chi connectivity index (χ2v) is 3.71. The molecule has 0 aromatic carbocycles. The van der Waals surface area contributed by atoms with Gasteiger partial charge in [-0.2, -0.15) is 0 Å². The van der Waals surface area contributed by atoms with Gasteiger partial charge in [-0.3, -0.25) is 9.78 Å². The van der Waals surface area contributed by atoms with Crippen LogP contribution >= 0.6 is 11.8 Å². The van der Waals surface area contributed by atoms with Crippen LogP contribution in [0.25, 0.3) is 0 Å². The normalized spacial score (nSPS) is 13.0. The maximum Gasteiger partial charge on any atom is 0.326 e. The fourth-order valence-corrected chi connectivity index (χ4v) is 1.46. The molecule has 0 amide bonds. The average molecular weight is 243 g/mol. The third-order valence-corrected chi connectivity index (χ3v) is 2.28. The lowest BCUT2D eigenvalue weighted by atomic mass is 10.4. The quantitative estimate of drug-likeness (QED) is 0.468. The fourth-order valence-electron chi connectivity index (χ4n) is 0.873. The number of aromatic amines is 2. The number of thioether (sulfide) groups is 1. The zero-order valence-corrected chi connectivity index (χ0v) is 8.93. The molecule has 0 atom stereocenters. The molecule has 0 saturated carbocycles. The molecule has 3 N–H and O–H groups in total. The van der Waals surface area contributed by atoms with Gasteiger partial charge in [-0.1, -0.05) is 11.8 Å². The molecule has 7 nitrogen and oxygen atoms in total. The molecule has 0 radical (unpaired) electrons. The first-order valence-electron chi connectivity index (χ1n) is 4.31. The van der Waals surface area contributed by atoms with E-state index in [0.29, 0.717) is 0 Å². The number of carboxylic acid groups (broad SMARTS) is 1. The molecular weight excluding hydrogens is 234 g/mol. The smallest absolute Gasteiger partial charge is 0.326 e. The van der Waals surface area contributed by atoms with Crippen molar-refractivity contribution in [2.45, 2.75) is 0 Å². The zero-order valence-electron chi connectivity index (χ0n) is 8.11. The van der Waals surface area contributed by atoms with E-state index in [9.17, 15) is 19.5 Å². The predicted octanol–water partition coefficient (Wildman–Crippen LogP) is -3.73. The maximum absolute atomic E-state index is 10.4. The summed E-state index contributed by atoms with van der Waals surface area (Å²) in [5, 5.41) is 10.1. The number of aromatic carboxylic acids is 1. The Kier molecular flexibility index (Phi) is 4.52. The Hall–Kier alpha value is -1.83. The van der Waals surface area contributed by atoms with Crippen LogP contribution in [0.4, 0.5) is 0 Å². The van der Waals surface area contributed by atoms with Crippen molar-refractivity contribution in [2.24, 2.45) is 0 Å². The van der Waals surface area contributed by atoms with Crippen LogP contribution in [-0.2, 0) is 0 Å². The molecule has 1 aromatic rings. The van der Waals surface area contributed by atoms with Crippen LogP contribution in [0.3, 0.4) is 0 Å². The summed E-state index contributed by atoms with van der Waals surface area (Å²) in [6, 6.07) is 0.733. The van der Waals surface area contributed by atoms with Gasteiger partial charge in [0.25, 0.3) is 5.56 Å². The largest absolute Gasteiger partial charge is 0.543 e. The van der Waals surface area contributed by atoms with Gasteiger partial charge >= 0.3 is 5.69 Å². The number of H-pyrrole nitrogens is 2. The topological polar surface area (TPSA) is 120 Å². The molecule has 0 saturated heterocycles. The van der Waals surface area contributed by atoms with Crippen LogP contribution in [0.15, 0.2) is 15.7 Å². The number of nitrogens with one attached hydrogen (secondary N) is 3. The highest BCUT2D eigenvalue weighted by molar-refractivity contribution is 8.12. The molecule has 8 heteroatoms. The van der Waals surface area contributed by atoms with E-state index in [1.165, 1.54) is 5.75 Å². The SMILES string of the molecule is C1=[NH+]CCS1.O=C([O-])c1cc(=O)[nH]c(=O)[nH]1. The lowest BCUT2D eigenvalue weighted by Crippen LogP contribution is -2.65. The first-order chi connectivity index (χ1) is 7.59. The summed E-state index contributed by atoms with van der Waals surface area (Å²) in [7, 11) is 0. The standard InChI is InChI=1S/C5H4N2O4.C3H5NS/c8-3-1-2(4(9)10)6-5(11)7-3;1-2-5-3-4-1/h1H,(H,9,10)(H2,6,7,8,11);3H,1-2H2. The van der Waals surface area contributed by atoms with Crippen molar-refractivity contribution in [3.05, 3.63) is 32.6 Å². The number of aromatic nitrogens is 2. The van der Waals surface area contributed by atoms with Gasteiger partial charge in [0.1, 0.15) is 0 Å². The lowest BCUT2D eigenvalue weighted by Gasteiger charge is -1.97. The minimum absolute atomic E-state index is 0.529.